The van der Waals surface area contributed by atoms with Crippen molar-refractivity contribution in [3.8, 4) is 0 Å². The van der Waals surface area contributed by atoms with Crippen molar-refractivity contribution in [2.45, 2.75) is 19.0 Å². The van der Waals surface area contributed by atoms with Gasteiger partial charge in [-0.3, -0.25) is 19.9 Å². The summed E-state index contributed by atoms with van der Waals surface area (Å²) in [7, 11) is 0. The highest BCUT2D eigenvalue weighted by atomic mass is 35.5. The smallest absolute Gasteiger partial charge is 0.240 e. The number of hydrogen-bond acceptors (Lipinski definition) is 10. The zero-order chi connectivity index (χ0) is 25.8. The van der Waals surface area contributed by atoms with Crippen molar-refractivity contribution in [1.29, 1.82) is 0 Å². The lowest BCUT2D eigenvalue weighted by molar-refractivity contribution is -0.117. The molecular formula is C23H26Cl2FN9OS. The number of aromatic nitrogens is 4. The van der Waals surface area contributed by atoms with Gasteiger partial charge in [-0.25, -0.2) is 4.39 Å². The molecular weight excluding hydrogens is 540 g/mol. The van der Waals surface area contributed by atoms with Crippen LogP contribution in [-0.2, 0) is 11.3 Å². The van der Waals surface area contributed by atoms with Gasteiger partial charge in [0.25, 0.3) is 0 Å². The van der Waals surface area contributed by atoms with Gasteiger partial charge in [0, 0.05) is 73.7 Å². The number of hydrogen-bond donors (Lipinski definition) is 2. The SMILES string of the molecule is O=C(CN1CCN(Cc2c(F)cc(Cl)cc2Cl)CC1)Nc1nnc(N[C@@H]2CCN(c3cccnn3)C2)s1. The molecule has 2 N–H and O–H groups in total. The molecule has 3 aromatic rings. The van der Waals surface area contributed by atoms with Crippen LogP contribution in [0.15, 0.2) is 30.5 Å². The maximum atomic E-state index is 14.2. The fourth-order valence-electron chi connectivity index (χ4n) is 4.47. The summed E-state index contributed by atoms with van der Waals surface area (Å²) < 4.78 is 14.2. The number of carbonyl (C=O) groups is 1. The van der Waals surface area contributed by atoms with E-state index >= 15 is 0 Å². The minimum Gasteiger partial charge on any atom is -0.355 e. The number of amides is 1. The Kier molecular flexibility index (Phi) is 8.30. The molecule has 0 unspecified atom stereocenters. The first-order valence-electron chi connectivity index (χ1n) is 11.9. The summed E-state index contributed by atoms with van der Waals surface area (Å²) in [6.07, 6.45) is 2.61. The molecule has 2 aliphatic heterocycles. The minimum absolute atomic E-state index is 0.141. The number of benzene rings is 1. The maximum absolute atomic E-state index is 14.2. The Labute approximate surface area is 227 Å². The highest BCUT2D eigenvalue weighted by Gasteiger charge is 2.25. The predicted molar refractivity (Wildman–Crippen MR) is 143 cm³/mol. The molecule has 0 radical (unpaired) electrons. The second-order valence-corrected chi connectivity index (χ2v) is 10.8. The molecule has 5 rings (SSSR count). The Morgan fingerprint density at radius 3 is 2.62 bits per heavy atom. The molecule has 2 aliphatic rings. The Hall–Kier alpha value is -2.64. The highest BCUT2D eigenvalue weighted by molar-refractivity contribution is 7.19. The van der Waals surface area contributed by atoms with Crippen molar-refractivity contribution in [3.63, 3.8) is 0 Å². The number of carbonyl (C=O) groups excluding carboxylic acids is 1. The van der Waals surface area contributed by atoms with Crippen LogP contribution in [0, 0.1) is 5.82 Å². The predicted octanol–water partition coefficient (Wildman–Crippen LogP) is 3.22. The number of nitrogens with zero attached hydrogens (tertiary/aromatic N) is 7. The number of halogens is 3. The second kappa shape index (κ2) is 11.8. The van der Waals surface area contributed by atoms with Crippen LogP contribution in [0.1, 0.15) is 12.0 Å². The van der Waals surface area contributed by atoms with Crippen molar-refractivity contribution in [1.82, 2.24) is 30.2 Å². The van der Waals surface area contributed by atoms with Crippen molar-refractivity contribution in [2.75, 3.05) is 61.3 Å². The summed E-state index contributed by atoms with van der Waals surface area (Å²) in [6, 6.07) is 6.87. The monoisotopic (exact) mass is 565 g/mol. The molecule has 0 saturated carbocycles. The van der Waals surface area contributed by atoms with Gasteiger partial charge in [-0.05, 0) is 30.7 Å². The molecule has 37 heavy (non-hydrogen) atoms. The lowest BCUT2D eigenvalue weighted by Gasteiger charge is -2.34. The summed E-state index contributed by atoms with van der Waals surface area (Å²) in [6.45, 7) is 5.11. The molecule has 0 spiro atoms. The van der Waals surface area contributed by atoms with Gasteiger partial charge in [-0.2, -0.15) is 5.10 Å². The second-order valence-electron chi connectivity index (χ2n) is 9.02. The lowest BCUT2D eigenvalue weighted by atomic mass is 10.2. The zero-order valence-electron chi connectivity index (χ0n) is 19.9. The van der Waals surface area contributed by atoms with E-state index < -0.39 is 5.82 Å². The number of piperazine rings is 1. The van der Waals surface area contributed by atoms with Gasteiger partial charge in [0.2, 0.25) is 16.2 Å². The van der Waals surface area contributed by atoms with E-state index in [0.29, 0.717) is 53.6 Å². The number of nitrogens with one attached hydrogen (secondary N) is 2. The van der Waals surface area contributed by atoms with E-state index in [1.165, 1.54) is 17.4 Å². The maximum Gasteiger partial charge on any atom is 0.240 e. The molecule has 4 heterocycles. The van der Waals surface area contributed by atoms with Crippen LogP contribution in [0.4, 0.5) is 20.5 Å². The van der Waals surface area contributed by atoms with Crippen LogP contribution in [0.3, 0.4) is 0 Å². The van der Waals surface area contributed by atoms with Crippen molar-refractivity contribution >= 4 is 56.5 Å². The minimum atomic E-state index is -0.402. The number of anilines is 3. The molecule has 2 aromatic heterocycles. The summed E-state index contributed by atoms with van der Waals surface area (Å²) in [5.74, 6) is 0.317. The molecule has 196 valence electrons. The van der Waals surface area contributed by atoms with Gasteiger partial charge in [-0.1, -0.05) is 34.5 Å². The van der Waals surface area contributed by atoms with Gasteiger partial charge in [0.1, 0.15) is 5.82 Å². The van der Waals surface area contributed by atoms with Crippen LogP contribution in [0.25, 0.3) is 0 Å². The average Bonchev–Trinajstić information content (AvgIpc) is 3.53. The van der Waals surface area contributed by atoms with E-state index in [9.17, 15) is 9.18 Å². The van der Waals surface area contributed by atoms with E-state index in [4.69, 9.17) is 23.2 Å². The summed E-state index contributed by atoms with van der Waals surface area (Å²) >= 11 is 13.3. The lowest BCUT2D eigenvalue weighted by Crippen LogP contribution is -2.48. The molecule has 10 nitrogen and oxygen atoms in total. The fraction of sp³-hybridized carbons (Fsp3) is 0.435. The summed E-state index contributed by atoms with van der Waals surface area (Å²) in [5, 5.41) is 24.4. The third-order valence-electron chi connectivity index (χ3n) is 6.39. The Balaban J connectivity index is 1.04. The van der Waals surface area contributed by atoms with Crippen molar-refractivity contribution in [3.05, 3.63) is 51.9 Å². The molecule has 1 amide bonds. The topological polar surface area (TPSA) is 102 Å². The van der Waals surface area contributed by atoms with E-state index in [-0.39, 0.29) is 23.5 Å². The summed E-state index contributed by atoms with van der Waals surface area (Å²) in [4.78, 5) is 18.9. The van der Waals surface area contributed by atoms with Crippen LogP contribution in [-0.4, -0.2) is 88.0 Å². The first-order valence-corrected chi connectivity index (χ1v) is 13.5. The molecule has 14 heteroatoms. The number of rotatable bonds is 8. The van der Waals surface area contributed by atoms with Gasteiger partial charge in [-0.15, -0.1) is 15.3 Å². The van der Waals surface area contributed by atoms with E-state index in [0.717, 1.165) is 25.3 Å². The van der Waals surface area contributed by atoms with Crippen LogP contribution >= 0.6 is 34.5 Å². The van der Waals surface area contributed by atoms with Crippen LogP contribution in [0.2, 0.25) is 10.0 Å². The first kappa shape index (κ1) is 26.0. The third-order valence-corrected chi connectivity index (χ3v) is 7.71. The quantitative estimate of drug-likeness (QED) is 0.426. The molecule has 0 aliphatic carbocycles. The molecule has 0 bridgehead atoms. The van der Waals surface area contributed by atoms with Crippen molar-refractivity contribution < 1.29 is 9.18 Å². The largest absolute Gasteiger partial charge is 0.355 e. The normalized spacial score (nSPS) is 18.8. The van der Waals surface area contributed by atoms with E-state index in [2.05, 4.69) is 45.7 Å². The standard InChI is InChI=1S/C23H26Cl2FN9OS/c24-15-10-18(25)17(19(26)11-15)13-33-6-8-34(9-7-33)14-21(36)29-23-32-31-22(37-23)28-16-3-5-35(12-16)20-2-1-4-27-30-20/h1-2,4,10-11,16H,3,5-9,12-14H2,(H,28,31)(H,29,32,36)/t16-/m1/s1. The Bertz CT molecular complexity index is 1200. The first-order chi connectivity index (χ1) is 17.9. The Morgan fingerprint density at radius 2 is 1.86 bits per heavy atom. The third kappa shape index (κ3) is 6.82. The van der Waals surface area contributed by atoms with Gasteiger partial charge in [0.05, 0.1) is 6.54 Å². The van der Waals surface area contributed by atoms with E-state index in [1.54, 1.807) is 12.3 Å². The van der Waals surface area contributed by atoms with Crippen LogP contribution in [0.5, 0.6) is 0 Å². The molecule has 2 fully saturated rings. The van der Waals surface area contributed by atoms with Crippen molar-refractivity contribution in [2.24, 2.45) is 0 Å². The Morgan fingerprint density at radius 1 is 1.08 bits per heavy atom. The average molecular weight is 566 g/mol. The molecule has 2 saturated heterocycles. The van der Waals surface area contributed by atoms with E-state index in [1.807, 2.05) is 12.1 Å². The van der Waals surface area contributed by atoms with Gasteiger partial charge >= 0.3 is 0 Å². The molecule has 1 atom stereocenters. The molecule has 1 aromatic carbocycles. The van der Waals surface area contributed by atoms with Crippen LogP contribution < -0.4 is 15.5 Å². The zero-order valence-corrected chi connectivity index (χ0v) is 22.2. The highest BCUT2D eigenvalue weighted by Crippen LogP contribution is 2.27. The summed E-state index contributed by atoms with van der Waals surface area (Å²) in [5.41, 5.74) is 0.442. The van der Waals surface area contributed by atoms with Gasteiger partial charge < -0.3 is 10.2 Å². The fourth-order valence-corrected chi connectivity index (χ4v) is 5.73. The van der Waals surface area contributed by atoms with Gasteiger partial charge in [0.15, 0.2) is 5.82 Å².